The van der Waals surface area contributed by atoms with Crippen LogP contribution in [-0.4, -0.2) is 5.11 Å². The third-order valence-electron chi connectivity index (χ3n) is 3.03. The van der Waals surface area contributed by atoms with E-state index in [1.165, 1.54) is 14.7 Å². The molecule has 0 radical (unpaired) electrons. The van der Waals surface area contributed by atoms with Gasteiger partial charge in [-0.15, -0.1) is 0 Å². The molecule has 0 aromatic heterocycles. The lowest BCUT2D eigenvalue weighted by Gasteiger charge is -2.07. The number of hydrogen-bond donors (Lipinski definition) is 1. The number of rotatable bonds is 3. The molecule has 0 aliphatic rings. The average molecular weight is 406 g/mol. The maximum atomic E-state index is 9.48. The summed E-state index contributed by atoms with van der Waals surface area (Å²) in [5.74, 6) is 0.304. The van der Waals surface area contributed by atoms with Gasteiger partial charge < -0.3 is 29.1 Å². The third kappa shape index (κ3) is 3.80. The van der Waals surface area contributed by atoms with Crippen LogP contribution in [0.1, 0.15) is 0 Å². The van der Waals surface area contributed by atoms with Crippen LogP contribution < -0.4 is 24.0 Å². The zero-order valence-corrected chi connectivity index (χ0v) is 14.3. The Bertz CT molecular complexity index is 629. The summed E-state index contributed by atoms with van der Waals surface area (Å²) in [6.45, 7) is 0. The minimum Gasteiger partial charge on any atom is -1.00 e. The molecule has 0 spiro atoms. The molecule has 3 heteroatoms. The van der Waals surface area contributed by atoms with Crippen LogP contribution in [0.3, 0.4) is 0 Å². The standard InChI is InChI=1S/C18H14OS.HI/c19-15-11-13-18(14-12-15)20(16-7-3-1-4-8-16)17-9-5-2-6-10-17;/h1-14H;1H. The first-order valence-electron chi connectivity index (χ1n) is 6.48. The molecule has 0 heterocycles. The number of aromatic hydroxyl groups is 1. The Balaban J connectivity index is 0.00000161. The molecule has 0 aliphatic heterocycles. The first kappa shape index (κ1) is 15.9. The van der Waals surface area contributed by atoms with Crippen molar-refractivity contribution in [2.24, 2.45) is 0 Å². The van der Waals surface area contributed by atoms with Gasteiger partial charge in [0.05, 0.1) is 10.9 Å². The summed E-state index contributed by atoms with van der Waals surface area (Å²) in [7, 11) is -0.134. The van der Waals surface area contributed by atoms with Gasteiger partial charge in [0, 0.05) is 0 Å². The highest BCUT2D eigenvalue weighted by Gasteiger charge is 2.27. The van der Waals surface area contributed by atoms with Crippen molar-refractivity contribution >= 4 is 10.9 Å². The Morgan fingerprint density at radius 1 is 0.524 bits per heavy atom. The van der Waals surface area contributed by atoms with Crippen molar-refractivity contribution in [2.45, 2.75) is 14.7 Å². The number of halogens is 1. The average Bonchev–Trinajstić information content (AvgIpc) is 2.52. The minimum atomic E-state index is -0.134. The van der Waals surface area contributed by atoms with Crippen molar-refractivity contribution in [3.8, 4) is 5.75 Å². The summed E-state index contributed by atoms with van der Waals surface area (Å²) in [5, 5.41) is 9.48. The van der Waals surface area contributed by atoms with E-state index in [4.69, 9.17) is 0 Å². The van der Waals surface area contributed by atoms with Crippen molar-refractivity contribution in [3.63, 3.8) is 0 Å². The molecule has 3 aromatic carbocycles. The number of benzene rings is 3. The van der Waals surface area contributed by atoms with Crippen LogP contribution in [0.5, 0.6) is 5.75 Å². The van der Waals surface area contributed by atoms with Gasteiger partial charge in [0.2, 0.25) is 0 Å². The van der Waals surface area contributed by atoms with Gasteiger partial charge in [-0.1, -0.05) is 36.4 Å². The molecule has 1 N–H and O–H groups in total. The van der Waals surface area contributed by atoms with Crippen LogP contribution in [0.2, 0.25) is 0 Å². The molecule has 3 aromatic rings. The molecule has 0 saturated carbocycles. The van der Waals surface area contributed by atoms with Crippen LogP contribution >= 0.6 is 0 Å². The summed E-state index contributed by atoms with van der Waals surface area (Å²) >= 11 is 0. The van der Waals surface area contributed by atoms with Gasteiger partial charge in [-0.2, -0.15) is 0 Å². The SMILES string of the molecule is Oc1ccc([S+](c2ccccc2)c2ccccc2)cc1.[I-]. The van der Waals surface area contributed by atoms with E-state index in [0.717, 1.165) is 0 Å². The van der Waals surface area contributed by atoms with Gasteiger partial charge in [0.25, 0.3) is 0 Å². The van der Waals surface area contributed by atoms with E-state index in [-0.39, 0.29) is 34.9 Å². The first-order chi connectivity index (χ1) is 9.84. The topological polar surface area (TPSA) is 20.2 Å². The van der Waals surface area contributed by atoms with Crippen LogP contribution in [-0.2, 0) is 10.9 Å². The molecule has 0 saturated heterocycles. The van der Waals surface area contributed by atoms with E-state index in [1.807, 2.05) is 24.3 Å². The molecule has 1 nitrogen and oxygen atoms in total. The van der Waals surface area contributed by atoms with Gasteiger partial charge in [0.1, 0.15) is 5.75 Å². The lowest BCUT2D eigenvalue weighted by molar-refractivity contribution is -0.00000498. The fourth-order valence-corrected chi connectivity index (χ4v) is 4.19. The second-order valence-electron chi connectivity index (χ2n) is 4.43. The molecule has 0 fully saturated rings. The van der Waals surface area contributed by atoms with Crippen molar-refractivity contribution < 1.29 is 29.1 Å². The monoisotopic (exact) mass is 406 g/mol. The molecule has 3 rings (SSSR count). The molecule has 0 atom stereocenters. The predicted molar refractivity (Wildman–Crippen MR) is 83.2 cm³/mol. The zero-order valence-electron chi connectivity index (χ0n) is 11.3. The number of hydrogen-bond acceptors (Lipinski definition) is 1. The van der Waals surface area contributed by atoms with E-state index in [0.29, 0.717) is 5.75 Å². The largest absolute Gasteiger partial charge is 1.00 e. The smallest absolute Gasteiger partial charge is 0.166 e. The van der Waals surface area contributed by atoms with Crippen LogP contribution in [0, 0.1) is 0 Å². The maximum Gasteiger partial charge on any atom is 0.166 e. The summed E-state index contributed by atoms with van der Waals surface area (Å²) in [5.41, 5.74) is 0. The highest BCUT2D eigenvalue weighted by Crippen LogP contribution is 2.31. The Kier molecular flexibility index (Phi) is 5.70. The zero-order chi connectivity index (χ0) is 13.8. The minimum absolute atomic E-state index is 0. The Labute approximate surface area is 145 Å². The predicted octanol–water partition coefficient (Wildman–Crippen LogP) is 1.49. The Morgan fingerprint density at radius 3 is 1.33 bits per heavy atom. The van der Waals surface area contributed by atoms with Crippen molar-refractivity contribution in [1.29, 1.82) is 0 Å². The third-order valence-corrected chi connectivity index (χ3v) is 5.26. The van der Waals surface area contributed by atoms with Crippen LogP contribution in [0.25, 0.3) is 0 Å². The number of phenolic OH excluding ortho intramolecular Hbond substituents is 1. The quantitative estimate of drug-likeness (QED) is 0.517. The molecular weight excluding hydrogens is 391 g/mol. The fraction of sp³-hybridized carbons (Fsp3) is 0. The highest BCUT2D eigenvalue weighted by atomic mass is 127. The molecule has 0 bridgehead atoms. The van der Waals surface area contributed by atoms with Gasteiger partial charge in [-0.3, -0.25) is 0 Å². The van der Waals surface area contributed by atoms with Crippen molar-refractivity contribution in [2.75, 3.05) is 0 Å². The van der Waals surface area contributed by atoms with E-state index in [1.54, 1.807) is 12.1 Å². The Morgan fingerprint density at radius 2 is 0.905 bits per heavy atom. The van der Waals surface area contributed by atoms with Crippen LogP contribution in [0.4, 0.5) is 0 Å². The molecule has 21 heavy (non-hydrogen) atoms. The second kappa shape index (κ2) is 7.52. The van der Waals surface area contributed by atoms with E-state index in [9.17, 15) is 5.11 Å². The normalized spacial score (nSPS) is 10.1. The number of phenols is 1. The van der Waals surface area contributed by atoms with E-state index < -0.39 is 0 Å². The Hall–Kier alpha value is -1.46. The molecule has 0 aliphatic carbocycles. The first-order valence-corrected chi connectivity index (χ1v) is 7.70. The summed E-state index contributed by atoms with van der Waals surface area (Å²) in [4.78, 5) is 3.77. The van der Waals surface area contributed by atoms with Crippen molar-refractivity contribution in [1.82, 2.24) is 0 Å². The lowest BCUT2D eigenvalue weighted by atomic mass is 10.3. The van der Waals surface area contributed by atoms with Gasteiger partial charge in [0.15, 0.2) is 14.7 Å². The van der Waals surface area contributed by atoms with Crippen molar-refractivity contribution in [3.05, 3.63) is 84.9 Å². The molecular formula is C18H15IOS. The molecule has 106 valence electrons. The lowest BCUT2D eigenvalue weighted by Crippen LogP contribution is -3.00. The van der Waals surface area contributed by atoms with E-state index in [2.05, 4.69) is 48.5 Å². The van der Waals surface area contributed by atoms with Gasteiger partial charge in [-0.05, 0) is 48.5 Å². The molecule has 0 amide bonds. The summed E-state index contributed by atoms with van der Waals surface area (Å²) in [6.07, 6.45) is 0. The summed E-state index contributed by atoms with van der Waals surface area (Å²) < 4.78 is 0. The second-order valence-corrected chi connectivity index (χ2v) is 6.45. The van der Waals surface area contributed by atoms with Gasteiger partial charge in [-0.25, -0.2) is 0 Å². The van der Waals surface area contributed by atoms with E-state index >= 15 is 0 Å². The highest BCUT2D eigenvalue weighted by molar-refractivity contribution is 7.97. The fourth-order valence-electron chi connectivity index (χ4n) is 2.10. The van der Waals surface area contributed by atoms with Gasteiger partial charge >= 0.3 is 0 Å². The maximum absolute atomic E-state index is 9.48. The van der Waals surface area contributed by atoms with Crippen LogP contribution in [0.15, 0.2) is 99.6 Å². The molecule has 0 unspecified atom stereocenters. The summed E-state index contributed by atoms with van der Waals surface area (Å²) in [6, 6.07) is 28.5.